The van der Waals surface area contributed by atoms with E-state index in [2.05, 4.69) is 37.5 Å². The number of likely N-dealkylation sites (tertiary alicyclic amines) is 1. The number of esters is 1. The lowest BCUT2D eigenvalue weighted by Gasteiger charge is -2.56. The monoisotopic (exact) mass is 313 g/mol. The molecule has 1 aromatic rings. The number of piperidine rings is 1. The van der Waals surface area contributed by atoms with E-state index in [1.807, 2.05) is 12.1 Å². The van der Waals surface area contributed by atoms with Crippen LogP contribution in [0.1, 0.15) is 44.7 Å². The third-order valence-corrected chi connectivity index (χ3v) is 6.07. The summed E-state index contributed by atoms with van der Waals surface area (Å²) in [5, 5.41) is 0. The van der Waals surface area contributed by atoms with Gasteiger partial charge >= 0.3 is 5.97 Å². The Bertz CT molecular complexity index is 624. The molecule has 1 aliphatic carbocycles. The molecule has 2 aliphatic rings. The summed E-state index contributed by atoms with van der Waals surface area (Å²) >= 11 is 0. The van der Waals surface area contributed by atoms with Crippen molar-refractivity contribution < 1.29 is 9.53 Å². The molecule has 1 aromatic carbocycles. The average Bonchev–Trinajstić information content (AvgIpc) is 2.51. The Morgan fingerprint density at radius 1 is 1.52 bits per heavy atom. The molecule has 2 bridgehead atoms. The van der Waals surface area contributed by atoms with Gasteiger partial charge in [-0.15, -0.1) is 6.58 Å². The molecule has 3 unspecified atom stereocenters. The maximum atomic E-state index is 11.3. The maximum absolute atomic E-state index is 11.3. The van der Waals surface area contributed by atoms with E-state index in [0.717, 1.165) is 32.4 Å². The van der Waals surface area contributed by atoms with Gasteiger partial charge in [0.1, 0.15) is 5.75 Å². The van der Waals surface area contributed by atoms with E-state index >= 15 is 0 Å². The van der Waals surface area contributed by atoms with Gasteiger partial charge in [-0.1, -0.05) is 26.0 Å². The first kappa shape index (κ1) is 16.3. The molecule has 1 saturated heterocycles. The molecule has 0 aromatic heterocycles. The van der Waals surface area contributed by atoms with Gasteiger partial charge in [0.2, 0.25) is 0 Å². The number of rotatable bonds is 4. The summed E-state index contributed by atoms with van der Waals surface area (Å²) in [5.41, 5.74) is 3.02. The number of fused-ring (bicyclic) bond motifs is 4. The second-order valence-corrected chi connectivity index (χ2v) is 7.02. The summed E-state index contributed by atoms with van der Waals surface area (Å²) in [6, 6.07) is 6.80. The Hall–Kier alpha value is -1.61. The van der Waals surface area contributed by atoms with Gasteiger partial charge in [0.05, 0.1) is 0 Å². The Morgan fingerprint density at radius 3 is 2.96 bits per heavy atom. The lowest BCUT2D eigenvalue weighted by Crippen LogP contribution is -2.58. The third kappa shape index (κ3) is 2.61. The normalized spacial score (nSPS) is 29.7. The van der Waals surface area contributed by atoms with Crippen LogP contribution in [0.25, 0.3) is 0 Å². The topological polar surface area (TPSA) is 29.5 Å². The van der Waals surface area contributed by atoms with Gasteiger partial charge in [-0.3, -0.25) is 9.69 Å². The van der Waals surface area contributed by atoms with Crippen molar-refractivity contribution in [2.24, 2.45) is 5.92 Å². The Morgan fingerprint density at radius 2 is 2.30 bits per heavy atom. The molecule has 3 heteroatoms. The predicted molar refractivity (Wildman–Crippen MR) is 92.8 cm³/mol. The second-order valence-electron chi connectivity index (χ2n) is 7.02. The van der Waals surface area contributed by atoms with Gasteiger partial charge in [0.25, 0.3) is 0 Å². The summed E-state index contributed by atoms with van der Waals surface area (Å²) in [6.45, 7) is 12.2. The SMILES string of the molecule is C=CCN1CCC2(CC)c3cc(OC(C)=O)ccc3CC1C2C. The van der Waals surface area contributed by atoms with Gasteiger partial charge in [0, 0.05) is 24.9 Å². The molecule has 0 radical (unpaired) electrons. The molecule has 3 rings (SSSR count). The highest BCUT2D eigenvalue weighted by molar-refractivity contribution is 5.69. The van der Waals surface area contributed by atoms with Crippen molar-refractivity contribution in [2.75, 3.05) is 13.1 Å². The quantitative estimate of drug-likeness (QED) is 0.482. The van der Waals surface area contributed by atoms with Gasteiger partial charge in [0.15, 0.2) is 0 Å². The fourth-order valence-electron chi connectivity index (χ4n) is 4.84. The zero-order valence-corrected chi connectivity index (χ0v) is 14.5. The Balaban J connectivity index is 2.04. The van der Waals surface area contributed by atoms with Crippen LogP contribution in [0.5, 0.6) is 5.75 Å². The van der Waals surface area contributed by atoms with Crippen molar-refractivity contribution in [1.29, 1.82) is 0 Å². The minimum absolute atomic E-state index is 0.200. The van der Waals surface area contributed by atoms with Crippen LogP contribution < -0.4 is 4.74 Å². The average molecular weight is 313 g/mol. The van der Waals surface area contributed by atoms with Gasteiger partial charge < -0.3 is 4.74 Å². The van der Waals surface area contributed by atoms with Gasteiger partial charge in [-0.2, -0.15) is 0 Å². The van der Waals surface area contributed by atoms with Crippen LogP contribution in [0.2, 0.25) is 0 Å². The standard InChI is InChI=1S/C20H27NO2/c1-5-10-21-11-9-20(6-2)14(3)19(21)12-16-7-8-17(13-18(16)20)23-15(4)22/h5,7-8,13-14,19H,1,6,9-12H2,2-4H3. The lowest BCUT2D eigenvalue weighted by atomic mass is 9.57. The molecule has 0 spiro atoms. The molecule has 1 aliphatic heterocycles. The van der Waals surface area contributed by atoms with Gasteiger partial charge in [-0.05, 0) is 55.0 Å². The van der Waals surface area contributed by atoms with Crippen LogP contribution in [0.15, 0.2) is 30.9 Å². The van der Waals surface area contributed by atoms with E-state index in [1.54, 1.807) is 0 Å². The maximum Gasteiger partial charge on any atom is 0.308 e. The molecule has 3 atom stereocenters. The summed E-state index contributed by atoms with van der Waals surface area (Å²) in [7, 11) is 0. The molecular formula is C20H27NO2. The fraction of sp³-hybridized carbons (Fsp3) is 0.550. The number of hydrogen-bond donors (Lipinski definition) is 0. The first-order valence-corrected chi connectivity index (χ1v) is 8.68. The largest absolute Gasteiger partial charge is 0.427 e. The zero-order valence-electron chi connectivity index (χ0n) is 14.5. The minimum atomic E-state index is -0.252. The van der Waals surface area contributed by atoms with E-state index in [9.17, 15) is 4.79 Å². The highest BCUT2D eigenvalue weighted by Gasteiger charge is 2.49. The number of ether oxygens (including phenoxy) is 1. The smallest absolute Gasteiger partial charge is 0.308 e. The number of carbonyl (C=O) groups is 1. The number of carbonyl (C=O) groups excluding carboxylic acids is 1. The molecule has 0 N–H and O–H groups in total. The van der Waals surface area contributed by atoms with Crippen LogP contribution in [-0.4, -0.2) is 30.0 Å². The van der Waals surface area contributed by atoms with Crippen molar-refractivity contribution in [3.63, 3.8) is 0 Å². The summed E-state index contributed by atoms with van der Waals surface area (Å²) in [4.78, 5) is 13.9. The molecule has 124 valence electrons. The lowest BCUT2D eigenvalue weighted by molar-refractivity contribution is -0.131. The van der Waals surface area contributed by atoms with Crippen LogP contribution in [0.4, 0.5) is 0 Å². The highest BCUT2D eigenvalue weighted by atomic mass is 16.5. The van der Waals surface area contributed by atoms with Gasteiger partial charge in [-0.25, -0.2) is 0 Å². The van der Waals surface area contributed by atoms with E-state index in [-0.39, 0.29) is 11.4 Å². The summed E-state index contributed by atoms with van der Waals surface area (Å²) in [5.74, 6) is 1.03. The van der Waals surface area contributed by atoms with Crippen LogP contribution in [0, 0.1) is 5.92 Å². The van der Waals surface area contributed by atoms with Crippen LogP contribution in [-0.2, 0) is 16.6 Å². The molecule has 1 fully saturated rings. The van der Waals surface area contributed by atoms with Crippen LogP contribution >= 0.6 is 0 Å². The van der Waals surface area contributed by atoms with Crippen molar-refractivity contribution >= 4 is 5.97 Å². The number of benzene rings is 1. The molecule has 0 amide bonds. The van der Waals surface area contributed by atoms with Crippen molar-refractivity contribution in [3.8, 4) is 5.75 Å². The molecule has 3 nitrogen and oxygen atoms in total. The summed E-state index contributed by atoms with van der Waals surface area (Å²) < 4.78 is 5.34. The van der Waals surface area contributed by atoms with Crippen molar-refractivity contribution in [1.82, 2.24) is 4.90 Å². The molecular weight excluding hydrogens is 286 g/mol. The fourth-order valence-corrected chi connectivity index (χ4v) is 4.84. The zero-order chi connectivity index (χ0) is 16.6. The van der Waals surface area contributed by atoms with E-state index in [0.29, 0.717) is 17.7 Å². The highest BCUT2D eigenvalue weighted by Crippen LogP contribution is 2.51. The van der Waals surface area contributed by atoms with Crippen molar-refractivity contribution in [3.05, 3.63) is 42.0 Å². The second kappa shape index (κ2) is 6.12. The first-order valence-electron chi connectivity index (χ1n) is 8.68. The van der Waals surface area contributed by atoms with E-state index < -0.39 is 0 Å². The first-order chi connectivity index (χ1) is 11.0. The minimum Gasteiger partial charge on any atom is -0.427 e. The molecule has 0 saturated carbocycles. The van der Waals surface area contributed by atoms with E-state index in [1.165, 1.54) is 18.1 Å². The predicted octanol–water partition coefficient (Wildman–Crippen LogP) is 3.71. The third-order valence-electron chi connectivity index (χ3n) is 6.07. The van der Waals surface area contributed by atoms with Crippen molar-refractivity contribution in [2.45, 2.75) is 51.5 Å². The Labute approximate surface area is 139 Å². The van der Waals surface area contributed by atoms with E-state index in [4.69, 9.17) is 4.74 Å². The summed E-state index contributed by atoms with van der Waals surface area (Å²) in [6.07, 6.45) is 5.38. The number of nitrogens with zero attached hydrogens (tertiary/aromatic N) is 1. The molecule has 23 heavy (non-hydrogen) atoms. The number of hydrogen-bond acceptors (Lipinski definition) is 3. The molecule has 1 heterocycles. The van der Waals surface area contributed by atoms with Crippen LogP contribution in [0.3, 0.4) is 0 Å². The Kier molecular flexibility index (Phi) is 4.33.